The predicted molar refractivity (Wildman–Crippen MR) is 147 cm³/mol. The molecule has 210 valence electrons. The molecular weight excluding hydrogens is 533 g/mol. The van der Waals surface area contributed by atoms with Gasteiger partial charge in [-0.2, -0.15) is 18.4 Å². The SMILES string of the molecule is CC(C)CCc1c(C(F)(F)F)n(C(=O)c2ccccc2)c(=O)n1Cc1ccc(-c2ccccc2-c2nn[nH]n2)cc1. The molecule has 5 rings (SSSR count). The van der Waals surface area contributed by atoms with Crippen LogP contribution in [0.5, 0.6) is 0 Å². The fraction of sp³-hybridized carbons (Fsp3) is 0.233. The first kappa shape index (κ1) is 27.8. The molecule has 0 unspecified atom stereocenters. The van der Waals surface area contributed by atoms with Crippen molar-refractivity contribution < 1.29 is 18.0 Å². The molecule has 11 heteroatoms. The Hall–Kier alpha value is -4.80. The molecular formula is C30H27F3N6O2. The summed E-state index contributed by atoms with van der Waals surface area (Å²) in [5.74, 6) is -0.498. The average molecular weight is 561 g/mol. The summed E-state index contributed by atoms with van der Waals surface area (Å²) in [6, 6.07) is 22.2. The van der Waals surface area contributed by atoms with Crippen LogP contribution in [0.3, 0.4) is 0 Å². The number of rotatable bonds is 8. The van der Waals surface area contributed by atoms with Crippen molar-refractivity contribution in [3.05, 3.63) is 112 Å². The first-order valence-electron chi connectivity index (χ1n) is 13.1. The molecule has 1 N–H and O–H groups in total. The van der Waals surface area contributed by atoms with Crippen molar-refractivity contribution in [2.75, 3.05) is 0 Å². The molecule has 41 heavy (non-hydrogen) atoms. The van der Waals surface area contributed by atoms with Gasteiger partial charge < -0.3 is 0 Å². The third-order valence-electron chi connectivity index (χ3n) is 6.81. The smallest absolute Gasteiger partial charge is 0.291 e. The summed E-state index contributed by atoms with van der Waals surface area (Å²) in [7, 11) is 0. The molecule has 8 nitrogen and oxygen atoms in total. The van der Waals surface area contributed by atoms with E-state index < -0.39 is 23.5 Å². The quantitative estimate of drug-likeness (QED) is 0.257. The minimum absolute atomic E-state index is 0.00252. The van der Waals surface area contributed by atoms with Gasteiger partial charge in [0.25, 0.3) is 5.91 Å². The molecule has 0 saturated carbocycles. The number of benzene rings is 3. The lowest BCUT2D eigenvalue weighted by Crippen LogP contribution is -2.32. The van der Waals surface area contributed by atoms with Crippen LogP contribution in [-0.2, 0) is 19.1 Å². The van der Waals surface area contributed by atoms with Crippen LogP contribution in [0.2, 0.25) is 0 Å². The number of halogens is 3. The molecule has 2 heterocycles. The van der Waals surface area contributed by atoms with Gasteiger partial charge in [-0.15, -0.1) is 10.2 Å². The van der Waals surface area contributed by atoms with Crippen LogP contribution in [0, 0.1) is 5.92 Å². The number of imidazole rings is 1. The standard InChI is InChI=1S/C30H27F3N6O2/c1-19(2)12-17-25-26(30(31,32)33)39(28(40)22-8-4-3-5-9-22)29(41)38(25)18-20-13-15-21(16-14-20)23-10-6-7-11-24(23)27-34-36-37-35-27/h3-11,13-16,19H,12,17-18H2,1-2H3,(H,34,35,36,37). The topological polar surface area (TPSA) is 98.5 Å². The zero-order valence-electron chi connectivity index (χ0n) is 22.4. The first-order valence-corrected chi connectivity index (χ1v) is 13.1. The lowest BCUT2D eigenvalue weighted by molar-refractivity contribution is -0.143. The molecule has 0 amide bonds. The molecule has 0 aliphatic carbocycles. The molecule has 0 saturated heterocycles. The molecule has 0 bridgehead atoms. The van der Waals surface area contributed by atoms with E-state index in [0.29, 0.717) is 17.8 Å². The lowest BCUT2D eigenvalue weighted by atomic mass is 9.98. The van der Waals surface area contributed by atoms with E-state index in [0.717, 1.165) is 21.3 Å². The zero-order chi connectivity index (χ0) is 29.1. The maximum atomic E-state index is 14.5. The summed E-state index contributed by atoms with van der Waals surface area (Å²) in [4.78, 5) is 26.8. The summed E-state index contributed by atoms with van der Waals surface area (Å²) in [6.45, 7) is 3.66. The molecule has 3 aromatic carbocycles. The summed E-state index contributed by atoms with van der Waals surface area (Å²) >= 11 is 0. The molecule has 0 atom stereocenters. The van der Waals surface area contributed by atoms with Gasteiger partial charge in [0, 0.05) is 11.1 Å². The Balaban J connectivity index is 1.57. The number of alkyl halides is 3. The maximum Gasteiger partial charge on any atom is 0.433 e. The van der Waals surface area contributed by atoms with Gasteiger partial charge in [0.05, 0.1) is 12.2 Å². The first-order chi connectivity index (χ1) is 19.6. The van der Waals surface area contributed by atoms with Crippen molar-refractivity contribution in [2.45, 2.75) is 39.4 Å². The third-order valence-corrected chi connectivity index (χ3v) is 6.81. The molecule has 0 aliphatic heterocycles. The Bertz CT molecular complexity index is 1700. The Morgan fingerprint density at radius 3 is 2.20 bits per heavy atom. The molecule has 0 fully saturated rings. The highest BCUT2D eigenvalue weighted by atomic mass is 19.4. The van der Waals surface area contributed by atoms with Crippen LogP contribution < -0.4 is 5.69 Å². The van der Waals surface area contributed by atoms with Crippen LogP contribution in [0.4, 0.5) is 13.2 Å². The number of tetrazole rings is 1. The average Bonchev–Trinajstić information content (AvgIpc) is 3.59. The Labute approximate surface area is 233 Å². The number of H-pyrrole nitrogens is 1. The summed E-state index contributed by atoms with van der Waals surface area (Å²) < 4.78 is 44.8. The third kappa shape index (κ3) is 5.74. The summed E-state index contributed by atoms with van der Waals surface area (Å²) in [5.41, 5.74) is 0.594. The summed E-state index contributed by atoms with van der Waals surface area (Å²) in [6.07, 6.45) is -4.51. The van der Waals surface area contributed by atoms with Crippen molar-refractivity contribution in [1.29, 1.82) is 0 Å². The summed E-state index contributed by atoms with van der Waals surface area (Å²) in [5, 5.41) is 14.2. The van der Waals surface area contributed by atoms with Gasteiger partial charge in [0.2, 0.25) is 5.82 Å². The van der Waals surface area contributed by atoms with Gasteiger partial charge in [-0.05, 0) is 52.8 Å². The number of aromatic amines is 1. The number of hydrogen-bond donors (Lipinski definition) is 1. The number of nitrogens with one attached hydrogen (secondary N) is 1. The van der Waals surface area contributed by atoms with Gasteiger partial charge in [-0.25, -0.2) is 9.36 Å². The van der Waals surface area contributed by atoms with E-state index in [2.05, 4.69) is 20.6 Å². The minimum atomic E-state index is -4.91. The zero-order valence-corrected chi connectivity index (χ0v) is 22.4. The largest absolute Gasteiger partial charge is 0.433 e. The van der Waals surface area contributed by atoms with Crippen molar-refractivity contribution in [3.8, 4) is 22.5 Å². The van der Waals surface area contributed by atoms with E-state index in [1.54, 1.807) is 30.3 Å². The Kier molecular flexibility index (Phi) is 7.69. The molecule has 0 radical (unpaired) electrons. The van der Waals surface area contributed by atoms with Crippen molar-refractivity contribution in [2.24, 2.45) is 5.92 Å². The number of aromatic nitrogens is 6. The second-order valence-electron chi connectivity index (χ2n) is 10.1. The monoisotopic (exact) mass is 560 g/mol. The van der Waals surface area contributed by atoms with Crippen LogP contribution in [0.25, 0.3) is 22.5 Å². The molecule has 2 aromatic heterocycles. The number of nitrogens with zero attached hydrogens (tertiary/aromatic N) is 5. The van der Waals surface area contributed by atoms with E-state index in [4.69, 9.17) is 0 Å². The number of carbonyl (C=O) groups excluding carboxylic acids is 1. The highest BCUT2D eigenvalue weighted by molar-refractivity contribution is 5.96. The lowest BCUT2D eigenvalue weighted by Gasteiger charge is -2.14. The van der Waals surface area contributed by atoms with Crippen LogP contribution in [0.15, 0.2) is 83.7 Å². The van der Waals surface area contributed by atoms with Gasteiger partial charge >= 0.3 is 11.9 Å². The van der Waals surface area contributed by atoms with Crippen molar-refractivity contribution in [1.82, 2.24) is 29.8 Å². The van der Waals surface area contributed by atoms with Gasteiger partial charge in [0.1, 0.15) is 0 Å². The second kappa shape index (κ2) is 11.4. The van der Waals surface area contributed by atoms with Crippen LogP contribution in [0.1, 0.15) is 47.6 Å². The van der Waals surface area contributed by atoms with Gasteiger partial charge in [-0.3, -0.25) is 9.36 Å². The number of carbonyl (C=O) groups is 1. The molecule has 0 aliphatic rings. The normalized spacial score (nSPS) is 11.8. The molecule has 5 aromatic rings. The van der Waals surface area contributed by atoms with Crippen molar-refractivity contribution >= 4 is 5.91 Å². The molecule has 0 spiro atoms. The van der Waals surface area contributed by atoms with E-state index in [9.17, 15) is 22.8 Å². The second-order valence-corrected chi connectivity index (χ2v) is 10.1. The number of hydrogen-bond acceptors (Lipinski definition) is 5. The van der Waals surface area contributed by atoms with E-state index >= 15 is 0 Å². The highest BCUT2D eigenvalue weighted by Crippen LogP contribution is 2.34. The van der Waals surface area contributed by atoms with E-state index in [1.807, 2.05) is 50.2 Å². The Morgan fingerprint density at radius 1 is 0.927 bits per heavy atom. The predicted octanol–water partition coefficient (Wildman–Crippen LogP) is 5.84. The Morgan fingerprint density at radius 2 is 1.59 bits per heavy atom. The van der Waals surface area contributed by atoms with Crippen LogP contribution in [-0.4, -0.2) is 35.7 Å². The van der Waals surface area contributed by atoms with Gasteiger partial charge in [0.15, 0.2) is 5.69 Å². The highest BCUT2D eigenvalue weighted by Gasteiger charge is 2.42. The maximum absolute atomic E-state index is 14.5. The fourth-order valence-electron chi connectivity index (χ4n) is 4.80. The van der Waals surface area contributed by atoms with Crippen LogP contribution >= 0.6 is 0 Å². The minimum Gasteiger partial charge on any atom is -0.291 e. The van der Waals surface area contributed by atoms with E-state index in [1.165, 1.54) is 12.1 Å². The van der Waals surface area contributed by atoms with Crippen molar-refractivity contribution in [3.63, 3.8) is 0 Å². The fourth-order valence-corrected chi connectivity index (χ4v) is 4.80. The van der Waals surface area contributed by atoms with Gasteiger partial charge in [-0.1, -0.05) is 80.6 Å². The van der Waals surface area contributed by atoms with E-state index in [-0.39, 0.29) is 34.7 Å².